The standard InChI is InChI=1S/C16H15F2N3O/c17-14-8-7-13(9-15(14)18)19-10-1-3-11(4-2-10)20-16(22)21-12-5-6-12/h1-4,7-9,12,19H,5-6H2,(H2,20,21,22). The van der Waals surface area contributed by atoms with Crippen molar-refractivity contribution >= 4 is 23.1 Å². The summed E-state index contributed by atoms with van der Waals surface area (Å²) < 4.78 is 26.0. The first-order valence-electron chi connectivity index (χ1n) is 7.00. The number of carbonyl (C=O) groups excluding carboxylic acids is 1. The molecule has 1 saturated carbocycles. The Morgan fingerprint density at radius 1 is 0.909 bits per heavy atom. The highest BCUT2D eigenvalue weighted by atomic mass is 19.2. The first-order valence-corrected chi connectivity index (χ1v) is 7.00. The van der Waals surface area contributed by atoms with Gasteiger partial charge in [-0.15, -0.1) is 0 Å². The zero-order chi connectivity index (χ0) is 15.5. The molecule has 1 fully saturated rings. The average molecular weight is 303 g/mol. The Kier molecular flexibility index (Phi) is 3.91. The van der Waals surface area contributed by atoms with Crippen LogP contribution in [0.25, 0.3) is 0 Å². The predicted molar refractivity (Wildman–Crippen MR) is 81.3 cm³/mol. The number of hydrogen-bond donors (Lipinski definition) is 3. The minimum atomic E-state index is -0.903. The third kappa shape index (κ3) is 3.72. The van der Waals surface area contributed by atoms with E-state index in [2.05, 4.69) is 16.0 Å². The normalized spacial score (nSPS) is 13.5. The molecule has 22 heavy (non-hydrogen) atoms. The van der Waals surface area contributed by atoms with Crippen LogP contribution in [0.4, 0.5) is 30.6 Å². The van der Waals surface area contributed by atoms with Crippen molar-refractivity contribution in [3.63, 3.8) is 0 Å². The highest BCUT2D eigenvalue weighted by Gasteiger charge is 2.23. The SMILES string of the molecule is O=C(Nc1ccc(Nc2ccc(F)c(F)c2)cc1)NC1CC1. The molecular weight excluding hydrogens is 288 g/mol. The van der Waals surface area contributed by atoms with E-state index in [0.717, 1.165) is 25.0 Å². The van der Waals surface area contributed by atoms with E-state index in [0.29, 0.717) is 23.1 Å². The Morgan fingerprint density at radius 3 is 2.18 bits per heavy atom. The highest BCUT2D eigenvalue weighted by molar-refractivity contribution is 5.89. The van der Waals surface area contributed by atoms with E-state index < -0.39 is 11.6 Å². The molecule has 3 N–H and O–H groups in total. The number of amides is 2. The molecule has 0 saturated heterocycles. The quantitative estimate of drug-likeness (QED) is 0.800. The van der Waals surface area contributed by atoms with Crippen LogP contribution in [0.15, 0.2) is 42.5 Å². The van der Waals surface area contributed by atoms with Gasteiger partial charge in [0.25, 0.3) is 0 Å². The smallest absolute Gasteiger partial charge is 0.319 e. The summed E-state index contributed by atoms with van der Waals surface area (Å²) in [5.74, 6) is -1.79. The van der Waals surface area contributed by atoms with Gasteiger partial charge in [0.15, 0.2) is 11.6 Å². The largest absolute Gasteiger partial charge is 0.355 e. The van der Waals surface area contributed by atoms with E-state index in [4.69, 9.17) is 0 Å². The Morgan fingerprint density at radius 2 is 1.55 bits per heavy atom. The number of anilines is 3. The van der Waals surface area contributed by atoms with E-state index in [1.807, 2.05) is 0 Å². The van der Waals surface area contributed by atoms with Gasteiger partial charge >= 0.3 is 6.03 Å². The molecule has 0 spiro atoms. The number of nitrogens with one attached hydrogen (secondary N) is 3. The van der Waals surface area contributed by atoms with Crippen molar-refractivity contribution < 1.29 is 13.6 Å². The van der Waals surface area contributed by atoms with Crippen LogP contribution in [-0.4, -0.2) is 12.1 Å². The van der Waals surface area contributed by atoms with Gasteiger partial charge in [-0.1, -0.05) is 0 Å². The third-order valence-electron chi connectivity index (χ3n) is 3.26. The fraction of sp³-hybridized carbons (Fsp3) is 0.188. The maximum atomic E-state index is 13.1. The second-order valence-electron chi connectivity index (χ2n) is 5.20. The molecule has 0 unspecified atom stereocenters. The molecule has 114 valence electrons. The Hall–Kier alpha value is -2.63. The van der Waals surface area contributed by atoms with Crippen molar-refractivity contribution in [3.8, 4) is 0 Å². The van der Waals surface area contributed by atoms with Crippen molar-refractivity contribution in [1.29, 1.82) is 0 Å². The Balaban J connectivity index is 1.60. The zero-order valence-corrected chi connectivity index (χ0v) is 11.7. The summed E-state index contributed by atoms with van der Waals surface area (Å²) in [5, 5.41) is 8.52. The third-order valence-corrected chi connectivity index (χ3v) is 3.26. The fourth-order valence-corrected chi connectivity index (χ4v) is 1.96. The first kappa shape index (κ1) is 14.3. The number of halogens is 2. The molecule has 2 aromatic rings. The molecule has 2 amide bonds. The van der Waals surface area contributed by atoms with Crippen molar-refractivity contribution in [1.82, 2.24) is 5.32 Å². The molecule has 0 atom stereocenters. The van der Waals surface area contributed by atoms with Gasteiger partial charge in [-0.05, 0) is 49.2 Å². The molecule has 0 radical (unpaired) electrons. The molecule has 1 aliphatic rings. The minimum absolute atomic E-state index is 0.219. The highest BCUT2D eigenvalue weighted by Crippen LogP contribution is 2.21. The van der Waals surface area contributed by atoms with Gasteiger partial charge in [-0.25, -0.2) is 13.6 Å². The zero-order valence-electron chi connectivity index (χ0n) is 11.7. The first-order chi connectivity index (χ1) is 10.6. The lowest BCUT2D eigenvalue weighted by molar-refractivity contribution is 0.251. The van der Waals surface area contributed by atoms with Crippen molar-refractivity contribution in [3.05, 3.63) is 54.1 Å². The van der Waals surface area contributed by atoms with Crippen LogP contribution in [0.1, 0.15) is 12.8 Å². The van der Waals surface area contributed by atoms with E-state index in [1.165, 1.54) is 6.07 Å². The molecule has 0 aromatic heterocycles. The van der Waals surface area contributed by atoms with Gasteiger partial charge < -0.3 is 16.0 Å². The van der Waals surface area contributed by atoms with Gasteiger partial charge in [0.05, 0.1) is 0 Å². The van der Waals surface area contributed by atoms with E-state index in [-0.39, 0.29) is 6.03 Å². The number of urea groups is 1. The van der Waals surface area contributed by atoms with Crippen LogP contribution in [0.3, 0.4) is 0 Å². The van der Waals surface area contributed by atoms with Crippen molar-refractivity contribution in [2.45, 2.75) is 18.9 Å². The van der Waals surface area contributed by atoms with Gasteiger partial charge in [-0.3, -0.25) is 0 Å². The summed E-state index contributed by atoms with van der Waals surface area (Å²) in [5.41, 5.74) is 1.82. The second-order valence-corrected chi connectivity index (χ2v) is 5.20. The summed E-state index contributed by atoms with van der Waals surface area (Å²) in [4.78, 5) is 11.6. The maximum absolute atomic E-state index is 13.1. The maximum Gasteiger partial charge on any atom is 0.319 e. The monoisotopic (exact) mass is 303 g/mol. The van der Waals surface area contributed by atoms with Gasteiger partial charge in [0.2, 0.25) is 0 Å². The minimum Gasteiger partial charge on any atom is -0.355 e. The van der Waals surface area contributed by atoms with Crippen LogP contribution in [0, 0.1) is 11.6 Å². The lowest BCUT2D eigenvalue weighted by atomic mass is 10.2. The molecule has 0 heterocycles. The van der Waals surface area contributed by atoms with Crippen molar-refractivity contribution in [2.75, 3.05) is 10.6 Å². The molecule has 6 heteroatoms. The summed E-state index contributed by atoms with van der Waals surface area (Å²) in [6, 6.07) is 10.6. The van der Waals surface area contributed by atoms with Crippen LogP contribution >= 0.6 is 0 Å². The molecule has 0 aliphatic heterocycles. The summed E-state index contributed by atoms with van der Waals surface area (Å²) in [6.45, 7) is 0. The van der Waals surface area contributed by atoms with Crippen LogP contribution in [-0.2, 0) is 0 Å². The molecule has 2 aromatic carbocycles. The Bertz CT molecular complexity index is 684. The number of carbonyl (C=O) groups is 1. The van der Waals surface area contributed by atoms with Crippen molar-refractivity contribution in [2.24, 2.45) is 0 Å². The predicted octanol–water partition coefficient (Wildman–Crippen LogP) is 3.99. The topological polar surface area (TPSA) is 53.2 Å². The summed E-state index contributed by atoms with van der Waals surface area (Å²) >= 11 is 0. The van der Waals surface area contributed by atoms with Crippen LogP contribution in [0.5, 0.6) is 0 Å². The number of benzene rings is 2. The van der Waals surface area contributed by atoms with Crippen LogP contribution in [0.2, 0.25) is 0 Å². The summed E-state index contributed by atoms with van der Waals surface area (Å²) in [6.07, 6.45) is 2.06. The fourth-order valence-electron chi connectivity index (χ4n) is 1.96. The molecule has 3 rings (SSSR count). The molecular formula is C16H15F2N3O. The summed E-state index contributed by atoms with van der Waals surface area (Å²) in [7, 11) is 0. The molecule has 0 bridgehead atoms. The van der Waals surface area contributed by atoms with E-state index in [9.17, 15) is 13.6 Å². The second kappa shape index (κ2) is 6.01. The van der Waals surface area contributed by atoms with Gasteiger partial charge in [-0.2, -0.15) is 0 Å². The Labute approximate surface area is 126 Å². The molecule has 1 aliphatic carbocycles. The number of rotatable bonds is 4. The van der Waals surface area contributed by atoms with E-state index >= 15 is 0 Å². The lowest BCUT2D eigenvalue weighted by Gasteiger charge is -2.09. The molecule has 4 nitrogen and oxygen atoms in total. The van der Waals surface area contributed by atoms with Gasteiger partial charge in [0.1, 0.15) is 0 Å². The van der Waals surface area contributed by atoms with E-state index in [1.54, 1.807) is 24.3 Å². The van der Waals surface area contributed by atoms with Gasteiger partial charge in [0, 0.05) is 29.2 Å². The van der Waals surface area contributed by atoms with Crippen LogP contribution < -0.4 is 16.0 Å². The lowest BCUT2D eigenvalue weighted by Crippen LogP contribution is -2.30. The number of hydrogen-bond acceptors (Lipinski definition) is 2. The average Bonchev–Trinajstić information content (AvgIpc) is 3.29.